The molecule has 1 fully saturated rings. The first-order chi connectivity index (χ1) is 7.20. The normalized spacial score (nSPS) is 21.9. The molecule has 0 aliphatic carbocycles. The van der Waals surface area contributed by atoms with E-state index in [-0.39, 0.29) is 5.54 Å². The lowest BCUT2D eigenvalue weighted by atomic mass is 9.99. The number of nitriles is 1. The fourth-order valence-corrected chi connectivity index (χ4v) is 1.78. The molecule has 4 heteroatoms. The topological polar surface area (TPSA) is 48.3 Å². The Labute approximate surface area is 92.2 Å². The average Bonchev–Trinajstić information content (AvgIpc) is 2.28. The Kier molecular flexibility index (Phi) is 5.03. The second-order valence-corrected chi connectivity index (χ2v) is 4.18. The lowest BCUT2D eigenvalue weighted by Crippen LogP contribution is -2.45. The van der Waals surface area contributed by atoms with Crippen LogP contribution in [0.5, 0.6) is 0 Å². The third-order valence-electron chi connectivity index (χ3n) is 2.85. The van der Waals surface area contributed by atoms with Gasteiger partial charge in [-0.15, -0.1) is 0 Å². The zero-order valence-electron chi connectivity index (χ0n) is 9.75. The van der Waals surface area contributed by atoms with E-state index in [1.807, 2.05) is 13.8 Å². The third kappa shape index (κ3) is 4.17. The molecule has 0 bridgehead atoms. The maximum absolute atomic E-state index is 9.09. The van der Waals surface area contributed by atoms with Gasteiger partial charge in [-0.3, -0.25) is 10.2 Å². The van der Waals surface area contributed by atoms with Gasteiger partial charge in [-0.1, -0.05) is 6.92 Å². The predicted molar refractivity (Wildman–Crippen MR) is 59.6 cm³/mol. The number of rotatable bonds is 5. The number of morpholine rings is 1. The second-order valence-electron chi connectivity index (χ2n) is 4.18. The van der Waals surface area contributed by atoms with E-state index >= 15 is 0 Å². The van der Waals surface area contributed by atoms with Gasteiger partial charge in [0.2, 0.25) is 0 Å². The summed E-state index contributed by atoms with van der Waals surface area (Å²) in [6, 6.07) is 2.35. The molecule has 1 heterocycles. The van der Waals surface area contributed by atoms with Crippen LogP contribution in [0.25, 0.3) is 0 Å². The van der Waals surface area contributed by atoms with Crippen LogP contribution >= 0.6 is 0 Å². The van der Waals surface area contributed by atoms with Crippen molar-refractivity contribution in [1.82, 2.24) is 10.2 Å². The SMILES string of the molecule is CCNC(C)(C#N)CCN1CCOCC1. The van der Waals surface area contributed by atoms with E-state index in [2.05, 4.69) is 16.3 Å². The van der Waals surface area contributed by atoms with Crippen LogP contribution in [0.2, 0.25) is 0 Å². The Morgan fingerprint density at radius 1 is 1.47 bits per heavy atom. The summed E-state index contributed by atoms with van der Waals surface area (Å²) >= 11 is 0. The smallest absolute Gasteiger partial charge is 0.105 e. The quantitative estimate of drug-likeness (QED) is 0.723. The highest BCUT2D eigenvalue weighted by molar-refractivity contribution is 5.03. The number of nitrogens with zero attached hydrogens (tertiary/aromatic N) is 2. The van der Waals surface area contributed by atoms with E-state index in [0.717, 1.165) is 45.8 Å². The van der Waals surface area contributed by atoms with E-state index < -0.39 is 0 Å². The van der Waals surface area contributed by atoms with Crippen LogP contribution in [0.4, 0.5) is 0 Å². The minimum atomic E-state index is -0.382. The molecule has 0 spiro atoms. The Balaban J connectivity index is 2.30. The molecule has 15 heavy (non-hydrogen) atoms. The average molecular weight is 211 g/mol. The molecule has 0 saturated carbocycles. The van der Waals surface area contributed by atoms with Crippen molar-refractivity contribution < 1.29 is 4.74 Å². The Bertz CT molecular complexity index is 220. The molecule has 0 aromatic carbocycles. The minimum absolute atomic E-state index is 0.382. The van der Waals surface area contributed by atoms with Crippen LogP contribution in [-0.4, -0.2) is 49.8 Å². The Morgan fingerprint density at radius 3 is 2.67 bits per heavy atom. The van der Waals surface area contributed by atoms with Crippen LogP contribution in [0.3, 0.4) is 0 Å². The minimum Gasteiger partial charge on any atom is -0.379 e. The molecule has 4 nitrogen and oxygen atoms in total. The van der Waals surface area contributed by atoms with Gasteiger partial charge in [-0.05, 0) is 19.9 Å². The predicted octanol–water partition coefficient (Wildman–Crippen LogP) is 0.600. The van der Waals surface area contributed by atoms with Gasteiger partial charge in [0.15, 0.2) is 0 Å². The molecule has 0 aromatic rings. The zero-order chi connectivity index (χ0) is 11.1. The molecule has 1 rings (SSSR count). The molecule has 1 saturated heterocycles. The monoisotopic (exact) mass is 211 g/mol. The highest BCUT2D eigenvalue weighted by Crippen LogP contribution is 2.10. The fourth-order valence-electron chi connectivity index (χ4n) is 1.78. The maximum Gasteiger partial charge on any atom is 0.105 e. The van der Waals surface area contributed by atoms with E-state index in [9.17, 15) is 0 Å². The Hall–Kier alpha value is -0.630. The first-order valence-corrected chi connectivity index (χ1v) is 5.66. The Morgan fingerprint density at radius 2 is 2.13 bits per heavy atom. The standard InChI is InChI=1S/C11H21N3O/c1-3-13-11(2,10-12)4-5-14-6-8-15-9-7-14/h13H,3-9H2,1-2H3. The van der Waals surface area contributed by atoms with Gasteiger partial charge < -0.3 is 4.74 Å². The second kappa shape index (κ2) is 6.06. The third-order valence-corrected chi connectivity index (χ3v) is 2.85. The fraction of sp³-hybridized carbons (Fsp3) is 0.909. The van der Waals surface area contributed by atoms with Crippen LogP contribution in [0.1, 0.15) is 20.3 Å². The van der Waals surface area contributed by atoms with Gasteiger partial charge in [0.25, 0.3) is 0 Å². The molecule has 1 unspecified atom stereocenters. The van der Waals surface area contributed by atoms with Crippen molar-refractivity contribution in [3.05, 3.63) is 0 Å². The molecule has 1 aliphatic heterocycles. The van der Waals surface area contributed by atoms with Crippen molar-refractivity contribution in [2.75, 3.05) is 39.4 Å². The number of ether oxygens (including phenoxy) is 1. The van der Waals surface area contributed by atoms with E-state index in [4.69, 9.17) is 10.00 Å². The summed E-state index contributed by atoms with van der Waals surface area (Å²) in [4.78, 5) is 2.36. The van der Waals surface area contributed by atoms with Gasteiger partial charge in [0, 0.05) is 19.6 Å². The lowest BCUT2D eigenvalue weighted by molar-refractivity contribution is 0.0352. The largest absolute Gasteiger partial charge is 0.379 e. The molecule has 1 atom stereocenters. The molecule has 1 N–H and O–H groups in total. The van der Waals surface area contributed by atoms with Gasteiger partial charge in [0.05, 0.1) is 19.3 Å². The highest BCUT2D eigenvalue weighted by atomic mass is 16.5. The number of nitrogens with one attached hydrogen (secondary N) is 1. The van der Waals surface area contributed by atoms with Crippen molar-refractivity contribution >= 4 is 0 Å². The van der Waals surface area contributed by atoms with Gasteiger partial charge >= 0.3 is 0 Å². The summed E-state index contributed by atoms with van der Waals surface area (Å²) in [6.07, 6.45) is 0.872. The number of hydrogen-bond donors (Lipinski definition) is 1. The van der Waals surface area contributed by atoms with Gasteiger partial charge in [-0.25, -0.2) is 0 Å². The highest BCUT2D eigenvalue weighted by Gasteiger charge is 2.23. The van der Waals surface area contributed by atoms with E-state index in [1.54, 1.807) is 0 Å². The van der Waals surface area contributed by atoms with Crippen molar-refractivity contribution in [2.45, 2.75) is 25.8 Å². The summed E-state index contributed by atoms with van der Waals surface area (Å²) in [6.45, 7) is 9.45. The van der Waals surface area contributed by atoms with E-state index in [0.29, 0.717) is 0 Å². The molecule has 0 amide bonds. The van der Waals surface area contributed by atoms with E-state index in [1.165, 1.54) is 0 Å². The number of hydrogen-bond acceptors (Lipinski definition) is 4. The zero-order valence-corrected chi connectivity index (χ0v) is 9.75. The molecular formula is C11H21N3O. The summed E-state index contributed by atoms with van der Waals surface area (Å²) in [7, 11) is 0. The van der Waals surface area contributed by atoms with Crippen LogP contribution in [0, 0.1) is 11.3 Å². The summed E-state index contributed by atoms with van der Waals surface area (Å²) in [5.74, 6) is 0. The molecule has 86 valence electrons. The van der Waals surface area contributed by atoms with Crippen LogP contribution in [-0.2, 0) is 4.74 Å². The maximum atomic E-state index is 9.09. The van der Waals surface area contributed by atoms with Crippen molar-refractivity contribution in [1.29, 1.82) is 5.26 Å². The molecule has 1 aliphatic rings. The van der Waals surface area contributed by atoms with Crippen molar-refractivity contribution in [2.24, 2.45) is 0 Å². The molecular weight excluding hydrogens is 190 g/mol. The van der Waals surface area contributed by atoms with Crippen LogP contribution in [0.15, 0.2) is 0 Å². The first kappa shape index (κ1) is 12.4. The van der Waals surface area contributed by atoms with Crippen LogP contribution < -0.4 is 5.32 Å². The van der Waals surface area contributed by atoms with Gasteiger partial charge in [-0.2, -0.15) is 5.26 Å². The summed E-state index contributed by atoms with van der Waals surface area (Å²) < 4.78 is 5.28. The lowest BCUT2D eigenvalue weighted by Gasteiger charge is -2.30. The summed E-state index contributed by atoms with van der Waals surface area (Å²) in [5, 5.41) is 12.3. The first-order valence-electron chi connectivity index (χ1n) is 5.66. The van der Waals surface area contributed by atoms with Crippen molar-refractivity contribution in [3.8, 4) is 6.07 Å². The van der Waals surface area contributed by atoms with Crippen molar-refractivity contribution in [3.63, 3.8) is 0 Å². The molecule has 0 aromatic heterocycles. The summed E-state index contributed by atoms with van der Waals surface area (Å²) in [5.41, 5.74) is -0.382. The van der Waals surface area contributed by atoms with Gasteiger partial charge in [0.1, 0.15) is 5.54 Å². The molecule has 0 radical (unpaired) electrons.